The van der Waals surface area contributed by atoms with Gasteiger partial charge in [-0.3, -0.25) is 9.69 Å². The van der Waals surface area contributed by atoms with E-state index in [9.17, 15) is 4.79 Å². The van der Waals surface area contributed by atoms with Crippen molar-refractivity contribution in [3.63, 3.8) is 0 Å². The number of morpholine rings is 1. The molecule has 2 atom stereocenters. The molecule has 1 aliphatic rings. The van der Waals surface area contributed by atoms with Gasteiger partial charge in [-0.25, -0.2) is 0 Å². The van der Waals surface area contributed by atoms with Gasteiger partial charge in [-0.2, -0.15) is 0 Å². The lowest BCUT2D eigenvalue weighted by molar-refractivity contribution is -0.139. The molecule has 0 aliphatic carbocycles. The third kappa shape index (κ3) is 3.81. The molecule has 0 N–H and O–H groups in total. The Morgan fingerprint density at radius 3 is 2.75 bits per heavy atom. The molecular formula is C16H23NO3. The fraction of sp³-hybridized carbons (Fsp3) is 0.562. The molecule has 1 fully saturated rings. The molecule has 20 heavy (non-hydrogen) atoms. The minimum absolute atomic E-state index is 0.194. The van der Waals surface area contributed by atoms with E-state index in [0.717, 1.165) is 25.3 Å². The summed E-state index contributed by atoms with van der Waals surface area (Å²) >= 11 is 0. The number of methoxy groups -OCH3 is 1. The zero-order valence-electron chi connectivity index (χ0n) is 12.5. The van der Waals surface area contributed by atoms with Crippen LogP contribution in [-0.2, 0) is 27.2 Å². The van der Waals surface area contributed by atoms with Crippen molar-refractivity contribution >= 4 is 5.97 Å². The number of rotatable bonds is 4. The van der Waals surface area contributed by atoms with Crippen molar-refractivity contribution in [1.82, 2.24) is 4.90 Å². The SMILES string of the molecule is COC(=O)Cc1ccccc1CN1CC(C)OCC1C. The van der Waals surface area contributed by atoms with E-state index >= 15 is 0 Å². The summed E-state index contributed by atoms with van der Waals surface area (Å²) in [6.45, 7) is 6.81. The van der Waals surface area contributed by atoms with Gasteiger partial charge in [0, 0.05) is 19.1 Å². The van der Waals surface area contributed by atoms with Gasteiger partial charge in [0.1, 0.15) is 0 Å². The lowest BCUT2D eigenvalue weighted by Crippen LogP contribution is -2.46. The van der Waals surface area contributed by atoms with Crippen LogP contribution in [0.4, 0.5) is 0 Å². The maximum absolute atomic E-state index is 11.5. The van der Waals surface area contributed by atoms with Crippen LogP contribution in [-0.4, -0.2) is 43.3 Å². The number of carbonyl (C=O) groups is 1. The summed E-state index contributed by atoms with van der Waals surface area (Å²) in [7, 11) is 1.43. The molecule has 1 aromatic rings. The summed E-state index contributed by atoms with van der Waals surface area (Å²) in [5.74, 6) is -0.194. The first kappa shape index (κ1) is 15.0. The van der Waals surface area contributed by atoms with Crippen molar-refractivity contribution in [1.29, 1.82) is 0 Å². The van der Waals surface area contributed by atoms with Gasteiger partial charge in [0.25, 0.3) is 0 Å². The van der Waals surface area contributed by atoms with Crippen LogP contribution in [0.2, 0.25) is 0 Å². The second kappa shape index (κ2) is 6.86. The second-order valence-electron chi connectivity index (χ2n) is 5.44. The third-order valence-corrected chi connectivity index (χ3v) is 3.79. The highest BCUT2D eigenvalue weighted by Gasteiger charge is 2.24. The molecule has 2 rings (SSSR count). The first-order valence-electron chi connectivity index (χ1n) is 7.09. The van der Waals surface area contributed by atoms with Crippen LogP contribution in [0.5, 0.6) is 0 Å². The molecule has 2 unspecified atom stereocenters. The van der Waals surface area contributed by atoms with Gasteiger partial charge in [0.15, 0.2) is 0 Å². The number of nitrogens with zero attached hydrogens (tertiary/aromatic N) is 1. The fourth-order valence-corrected chi connectivity index (χ4v) is 2.52. The monoisotopic (exact) mass is 277 g/mol. The summed E-state index contributed by atoms with van der Waals surface area (Å²) in [4.78, 5) is 13.9. The molecule has 0 bridgehead atoms. The van der Waals surface area contributed by atoms with E-state index in [1.54, 1.807) is 0 Å². The Bertz CT molecular complexity index is 461. The number of hydrogen-bond donors (Lipinski definition) is 0. The summed E-state index contributed by atoms with van der Waals surface area (Å²) in [5.41, 5.74) is 2.24. The first-order valence-corrected chi connectivity index (χ1v) is 7.09. The highest BCUT2D eigenvalue weighted by atomic mass is 16.5. The highest BCUT2D eigenvalue weighted by molar-refractivity contribution is 5.72. The minimum Gasteiger partial charge on any atom is -0.469 e. The van der Waals surface area contributed by atoms with E-state index in [1.807, 2.05) is 18.2 Å². The molecule has 0 spiro atoms. The molecular weight excluding hydrogens is 254 g/mol. The highest BCUT2D eigenvalue weighted by Crippen LogP contribution is 2.18. The topological polar surface area (TPSA) is 38.8 Å². The molecule has 4 heteroatoms. The lowest BCUT2D eigenvalue weighted by Gasteiger charge is -2.37. The molecule has 110 valence electrons. The number of ether oxygens (including phenoxy) is 2. The third-order valence-electron chi connectivity index (χ3n) is 3.79. The van der Waals surface area contributed by atoms with Crippen LogP contribution < -0.4 is 0 Å². The van der Waals surface area contributed by atoms with Crippen molar-refractivity contribution in [3.8, 4) is 0 Å². The predicted molar refractivity (Wildman–Crippen MR) is 77.4 cm³/mol. The molecule has 1 heterocycles. The van der Waals surface area contributed by atoms with Crippen molar-refractivity contribution in [2.75, 3.05) is 20.3 Å². The van der Waals surface area contributed by atoms with Crippen molar-refractivity contribution < 1.29 is 14.3 Å². The van der Waals surface area contributed by atoms with E-state index in [1.165, 1.54) is 12.7 Å². The number of hydrogen-bond acceptors (Lipinski definition) is 4. The zero-order valence-corrected chi connectivity index (χ0v) is 12.5. The van der Waals surface area contributed by atoms with Crippen LogP contribution in [0.3, 0.4) is 0 Å². The Kier molecular flexibility index (Phi) is 5.15. The van der Waals surface area contributed by atoms with E-state index in [4.69, 9.17) is 9.47 Å². The van der Waals surface area contributed by atoms with Gasteiger partial charge >= 0.3 is 5.97 Å². The Balaban J connectivity index is 2.10. The smallest absolute Gasteiger partial charge is 0.309 e. The van der Waals surface area contributed by atoms with E-state index in [2.05, 4.69) is 24.8 Å². The van der Waals surface area contributed by atoms with Gasteiger partial charge in [-0.05, 0) is 25.0 Å². The molecule has 1 aliphatic heterocycles. The van der Waals surface area contributed by atoms with Gasteiger partial charge in [0.05, 0.1) is 26.2 Å². The van der Waals surface area contributed by atoms with Gasteiger partial charge in [-0.15, -0.1) is 0 Å². The van der Waals surface area contributed by atoms with Gasteiger partial charge in [-0.1, -0.05) is 24.3 Å². The number of carbonyl (C=O) groups excluding carboxylic acids is 1. The number of benzene rings is 1. The van der Waals surface area contributed by atoms with E-state index < -0.39 is 0 Å². The molecule has 0 aromatic heterocycles. The van der Waals surface area contributed by atoms with E-state index in [-0.39, 0.29) is 12.1 Å². The first-order chi connectivity index (χ1) is 9.60. The Labute approximate surface area is 120 Å². The van der Waals surface area contributed by atoms with Crippen molar-refractivity contribution in [2.24, 2.45) is 0 Å². The van der Waals surface area contributed by atoms with Crippen LogP contribution in [0, 0.1) is 0 Å². The van der Waals surface area contributed by atoms with Crippen LogP contribution in [0.15, 0.2) is 24.3 Å². The number of esters is 1. The zero-order chi connectivity index (χ0) is 14.5. The van der Waals surface area contributed by atoms with Crippen molar-refractivity contribution in [3.05, 3.63) is 35.4 Å². The summed E-state index contributed by atoms with van der Waals surface area (Å²) < 4.78 is 10.4. The van der Waals surface area contributed by atoms with Gasteiger partial charge < -0.3 is 9.47 Å². The Morgan fingerprint density at radius 1 is 1.35 bits per heavy atom. The standard InChI is InChI=1S/C16H23NO3/c1-12-11-20-13(2)9-17(12)10-15-7-5-4-6-14(15)8-16(18)19-3/h4-7,12-13H,8-11H2,1-3H3. The average Bonchev–Trinajstić information content (AvgIpc) is 2.44. The molecule has 0 radical (unpaired) electrons. The Morgan fingerprint density at radius 2 is 2.05 bits per heavy atom. The van der Waals surface area contributed by atoms with Crippen LogP contribution >= 0.6 is 0 Å². The largest absolute Gasteiger partial charge is 0.469 e. The average molecular weight is 277 g/mol. The van der Waals surface area contributed by atoms with E-state index in [0.29, 0.717) is 12.5 Å². The van der Waals surface area contributed by atoms with Crippen LogP contribution in [0.1, 0.15) is 25.0 Å². The molecule has 4 nitrogen and oxygen atoms in total. The maximum atomic E-state index is 11.5. The normalized spacial score (nSPS) is 23.6. The Hall–Kier alpha value is -1.39. The quantitative estimate of drug-likeness (QED) is 0.789. The van der Waals surface area contributed by atoms with Crippen molar-refractivity contribution in [2.45, 2.75) is 39.0 Å². The van der Waals surface area contributed by atoms with Crippen LogP contribution in [0.25, 0.3) is 0 Å². The molecule has 0 saturated carbocycles. The fourth-order valence-electron chi connectivity index (χ4n) is 2.52. The molecule has 0 amide bonds. The second-order valence-corrected chi connectivity index (χ2v) is 5.44. The van der Waals surface area contributed by atoms with Gasteiger partial charge in [0.2, 0.25) is 0 Å². The minimum atomic E-state index is -0.194. The maximum Gasteiger partial charge on any atom is 0.309 e. The summed E-state index contributed by atoms with van der Waals surface area (Å²) in [6, 6.07) is 8.47. The lowest BCUT2D eigenvalue weighted by atomic mass is 10.0. The summed E-state index contributed by atoms with van der Waals surface area (Å²) in [5, 5.41) is 0. The summed E-state index contributed by atoms with van der Waals surface area (Å²) in [6.07, 6.45) is 0.597. The predicted octanol–water partition coefficient (Wildman–Crippen LogP) is 2.01. The molecule has 1 aromatic carbocycles. The molecule has 1 saturated heterocycles.